The van der Waals surface area contributed by atoms with E-state index in [-0.39, 0.29) is 27.5 Å². The number of fused-ring (bicyclic) bond motifs is 1. The molecular weight excluding hydrogens is 568 g/mol. The molecule has 0 fully saturated rings. The second kappa shape index (κ2) is 11.3. The SMILES string of the molecule is Fc1cc(SCc2ccccc2)ccc1-c1cc(F)c(-c2ccc3c(F)c(C#CC(F)(F)F)c(F)cc3c2)c(F)c1. The van der Waals surface area contributed by atoms with E-state index in [4.69, 9.17) is 0 Å². The number of halogens is 8. The van der Waals surface area contributed by atoms with Crippen LogP contribution in [0.1, 0.15) is 11.1 Å². The van der Waals surface area contributed by atoms with E-state index in [1.54, 1.807) is 6.07 Å². The molecule has 0 heterocycles. The zero-order chi connectivity index (χ0) is 29.3. The van der Waals surface area contributed by atoms with E-state index in [9.17, 15) is 26.3 Å². The van der Waals surface area contributed by atoms with E-state index >= 15 is 8.78 Å². The van der Waals surface area contributed by atoms with Crippen LogP contribution in [0.15, 0.2) is 89.8 Å². The lowest BCUT2D eigenvalue weighted by molar-refractivity contribution is -0.0696. The summed E-state index contributed by atoms with van der Waals surface area (Å²) in [4.78, 5) is 0.635. The van der Waals surface area contributed by atoms with Gasteiger partial charge in [0, 0.05) is 27.5 Å². The Labute approximate surface area is 233 Å². The first-order valence-electron chi connectivity index (χ1n) is 12.0. The minimum absolute atomic E-state index is 0.0199. The van der Waals surface area contributed by atoms with E-state index in [2.05, 4.69) is 0 Å². The van der Waals surface area contributed by atoms with Gasteiger partial charge in [0.1, 0.15) is 29.1 Å². The molecule has 0 spiro atoms. The molecule has 0 aliphatic carbocycles. The highest BCUT2D eigenvalue weighted by atomic mass is 32.2. The fourth-order valence-electron chi connectivity index (χ4n) is 4.30. The summed E-state index contributed by atoms with van der Waals surface area (Å²) in [5.41, 5.74) is -0.694. The van der Waals surface area contributed by atoms with Gasteiger partial charge < -0.3 is 0 Å². The van der Waals surface area contributed by atoms with Crippen LogP contribution in [0, 0.1) is 40.9 Å². The molecule has 0 aliphatic heterocycles. The molecule has 0 unspecified atom stereocenters. The summed E-state index contributed by atoms with van der Waals surface area (Å²) in [6.45, 7) is 0. The van der Waals surface area contributed by atoms with Gasteiger partial charge in [0.2, 0.25) is 0 Å². The number of hydrogen-bond acceptors (Lipinski definition) is 1. The number of thioether (sulfide) groups is 1. The first-order chi connectivity index (χ1) is 19.5. The molecule has 41 heavy (non-hydrogen) atoms. The molecule has 0 nitrogen and oxygen atoms in total. The fraction of sp³-hybridized carbons (Fsp3) is 0.0625. The molecule has 0 atom stereocenters. The molecule has 5 rings (SSSR count). The van der Waals surface area contributed by atoms with Crippen molar-refractivity contribution in [3.63, 3.8) is 0 Å². The summed E-state index contributed by atoms with van der Waals surface area (Å²) in [6.07, 6.45) is -4.95. The molecule has 5 aromatic rings. The molecule has 0 saturated carbocycles. The van der Waals surface area contributed by atoms with Crippen molar-refractivity contribution in [1.29, 1.82) is 0 Å². The third kappa shape index (κ3) is 6.23. The third-order valence-electron chi connectivity index (χ3n) is 6.19. The van der Waals surface area contributed by atoms with Gasteiger partial charge in [0.15, 0.2) is 0 Å². The smallest absolute Gasteiger partial charge is 0.206 e. The Hall–Kier alpha value is -4.29. The standard InChI is InChI=1S/C32H16F8S/c33-26-13-20-12-19(6-8-24(20)31(37)25(26)10-11-32(38,39)40)30-28(35)14-21(15-29(30)36)23-9-7-22(16-27(23)34)41-17-18-4-2-1-3-5-18/h1-9,12-16H,17H2. The molecule has 9 heteroatoms. The van der Waals surface area contributed by atoms with Crippen LogP contribution in [-0.2, 0) is 5.75 Å². The van der Waals surface area contributed by atoms with Gasteiger partial charge in [-0.3, -0.25) is 0 Å². The summed E-state index contributed by atoms with van der Waals surface area (Å²) in [5, 5.41) is -0.432. The van der Waals surface area contributed by atoms with E-state index in [1.807, 2.05) is 30.3 Å². The van der Waals surface area contributed by atoms with Gasteiger partial charge in [0.05, 0.1) is 11.1 Å². The maximum Gasteiger partial charge on any atom is 0.458 e. The lowest BCUT2D eigenvalue weighted by Crippen LogP contribution is -2.02. The first kappa shape index (κ1) is 28.2. The number of hydrogen-bond donors (Lipinski definition) is 0. The maximum atomic E-state index is 15.2. The van der Waals surface area contributed by atoms with Crippen molar-refractivity contribution in [3.05, 3.63) is 125 Å². The summed E-state index contributed by atoms with van der Waals surface area (Å²) in [7, 11) is 0. The van der Waals surface area contributed by atoms with Crippen LogP contribution < -0.4 is 0 Å². The Balaban J connectivity index is 1.45. The Morgan fingerprint density at radius 2 is 1.37 bits per heavy atom. The topological polar surface area (TPSA) is 0 Å². The van der Waals surface area contributed by atoms with Gasteiger partial charge in [-0.2, -0.15) is 13.2 Å². The van der Waals surface area contributed by atoms with Gasteiger partial charge in [0.25, 0.3) is 0 Å². The normalized spacial score (nSPS) is 11.4. The second-order valence-electron chi connectivity index (χ2n) is 8.96. The lowest BCUT2D eigenvalue weighted by Gasteiger charge is -2.12. The highest BCUT2D eigenvalue weighted by molar-refractivity contribution is 7.98. The van der Waals surface area contributed by atoms with Gasteiger partial charge in [-0.1, -0.05) is 54.5 Å². The summed E-state index contributed by atoms with van der Waals surface area (Å²) in [5.74, 6) is -2.58. The summed E-state index contributed by atoms with van der Waals surface area (Å²) >= 11 is 1.41. The van der Waals surface area contributed by atoms with Crippen molar-refractivity contribution < 1.29 is 35.1 Å². The van der Waals surface area contributed by atoms with Crippen molar-refractivity contribution in [3.8, 4) is 34.1 Å². The molecule has 0 saturated heterocycles. The molecule has 0 aliphatic rings. The van der Waals surface area contributed by atoms with E-state index in [0.717, 1.165) is 47.9 Å². The minimum atomic E-state index is -4.95. The Morgan fingerprint density at radius 1 is 0.659 bits per heavy atom. The average molecular weight is 585 g/mol. The maximum absolute atomic E-state index is 15.2. The Bertz CT molecular complexity index is 1810. The minimum Gasteiger partial charge on any atom is -0.206 e. The van der Waals surface area contributed by atoms with Gasteiger partial charge >= 0.3 is 6.18 Å². The van der Waals surface area contributed by atoms with Crippen molar-refractivity contribution in [2.45, 2.75) is 16.8 Å². The highest BCUT2D eigenvalue weighted by Crippen LogP contribution is 2.36. The number of alkyl halides is 3. The molecule has 206 valence electrons. The van der Waals surface area contributed by atoms with Gasteiger partial charge in [-0.25, -0.2) is 22.0 Å². The van der Waals surface area contributed by atoms with Crippen molar-refractivity contribution in [2.75, 3.05) is 0 Å². The Kier molecular flexibility index (Phi) is 7.78. The third-order valence-corrected chi connectivity index (χ3v) is 7.25. The zero-order valence-electron chi connectivity index (χ0n) is 20.7. The summed E-state index contributed by atoms with van der Waals surface area (Å²) < 4.78 is 112. The van der Waals surface area contributed by atoms with Crippen molar-refractivity contribution in [1.82, 2.24) is 0 Å². The number of rotatable bonds is 5. The molecule has 0 radical (unpaired) electrons. The van der Waals surface area contributed by atoms with Crippen LogP contribution in [-0.4, -0.2) is 6.18 Å². The molecular formula is C32H16F8S. The molecule has 0 aromatic heterocycles. The van der Waals surface area contributed by atoms with Crippen LogP contribution in [0.3, 0.4) is 0 Å². The predicted octanol–water partition coefficient (Wildman–Crippen LogP) is 10.1. The largest absolute Gasteiger partial charge is 0.458 e. The molecule has 0 amide bonds. The molecule has 0 N–H and O–H groups in total. The monoisotopic (exact) mass is 584 g/mol. The lowest BCUT2D eigenvalue weighted by atomic mass is 9.96. The number of benzene rings is 5. The molecule has 5 aromatic carbocycles. The predicted molar refractivity (Wildman–Crippen MR) is 144 cm³/mol. The van der Waals surface area contributed by atoms with Crippen LogP contribution in [0.2, 0.25) is 0 Å². The van der Waals surface area contributed by atoms with Crippen LogP contribution >= 0.6 is 11.8 Å². The first-order valence-corrected chi connectivity index (χ1v) is 13.0. The fourth-order valence-corrected chi connectivity index (χ4v) is 5.18. The van der Waals surface area contributed by atoms with Crippen LogP contribution in [0.25, 0.3) is 33.0 Å². The Morgan fingerprint density at radius 3 is 2.02 bits per heavy atom. The van der Waals surface area contributed by atoms with E-state index in [0.29, 0.717) is 10.6 Å². The second-order valence-corrected chi connectivity index (χ2v) is 10.0. The van der Waals surface area contributed by atoms with Gasteiger partial charge in [-0.05, 0) is 58.5 Å². The van der Waals surface area contributed by atoms with Crippen LogP contribution in [0.5, 0.6) is 0 Å². The quantitative estimate of drug-likeness (QED) is 0.113. The van der Waals surface area contributed by atoms with Crippen molar-refractivity contribution in [2.24, 2.45) is 0 Å². The average Bonchev–Trinajstić information content (AvgIpc) is 2.91. The van der Waals surface area contributed by atoms with E-state index < -0.39 is 46.4 Å². The van der Waals surface area contributed by atoms with Gasteiger partial charge in [-0.15, -0.1) is 11.8 Å². The van der Waals surface area contributed by atoms with Crippen LogP contribution in [0.4, 0.5) is 35.1 Å². The zero-order valence-corrected chi connectivity index (χ0v) is 21.5. The molecule has 0 bridgehead atoms. The summed E-state index contributed by atoms with van der Waals surface area (Å²) in [6, 6.07) is 19.9. The van der Waals surface area contributed by atoms with E-state index in [1.165, 1.54) is 29.8 Å². The highest BCUT2D eigenvalue weighted by Gasteiger charge is 2.24. The van der Waals surface area contributed by atoms with Crippen molar-refractivity contribution >= 4 is 22.5 Å².